The molecule has 1 aromatic carbocycles. The van der Waals surface area contributed by atoms with Crippen LogP contribution in [-0.2, 0) is 13.2 Å². The molecule has 132 valence electrons. The van der Waals surface area contributed by atoms with Crippen molar-refractivity contribution >= 4 is 11.3 Å². The highest BCUT2D eigenvalue weighted by molar-refractivity contribution is 7.09. The lowest BCUT2D eigenvalue weighted by Crippen LogP contribution is -2.31. The molecule has 1 heterocycles. The zero-order valence-corrected chi connectivity index (χ0v) is 15.1. The van der Waals surface area contributed by atoms with Gasteiger partial charge in [-0.25, -0.2) is 0 Å². The van der Waals surface area contributed by atoms with Gasteiger partial charge in [0.2, 0.25) is 0 Å². The van der Waals surface area contributed by atoms with E-state index in [4.69, 9.17) is 14.6 Å². The molecule has 0 amide bonds. The van der Waals surface area contributed by atoms with Crippen LogP contribution in [0.4, 0.5) is 0 Å². The van der Waals surface area contributed by atoms with Gasteiger partial charge in [0.1, 0.15) is 6.61 Å². The second kappa shape index (κ2) is 10.3. The van der Waals surface area contributed by atoms with E-state index in [1.54, 1.807) is 25.4 Å². The molecule has 0 saturated carbocycles. The van der Waals surface area contributed by atoms with Crippen LogP contribution in [0.5, 0.6) is 11.5 Å². The number of nitrogens with one attached hydrogen (secondary N) is 2. The van der Waals surface area contributed by atoms with Crippen LogP contribution < -0.4 is 20.1 Å². The Morgan fingerprint density at radius 2 is 2.00 bits per heavy atom. The Hall–Kier alpha value is -1.60. The highest BCUT2D eigenvalue weighted by atomic mass is 32.1. The summed E-state index contributed by atoms with van der Waals surface area (Å²) in [5.74, 6) is 1.51. The van der Waals surface area contributed by atoms with E-state index >= 15 is 0 Å². The summed E-state index contributed by atoms with van der Waals surface area (Å²) in [6.45, 7) is 5.37. The maximum absolute atomic E-state index is 9.17. The number of benzene rings is 1. The molecular weight excluding hydrogens is 324 g/mol. The molecule has 0 spiro atoms. The molecule has 0 aliphatic heterocycles. The maximum atomic E-state index is 9.17. The number of rotatable bonds is 11. The minimum Gasteiger partial charge on any atom is -0.493 e. The molecule has 0 aliphatic rings. The third kappa shape index (κ3) is 6.49. The summed E-state index contributed by atoms with van der Waals surface area (Å²) < 4.78 is 11.3. The zero-order valence-electron chi connectivity index (χ0n) is 14.2. The molecule has 2 aromatic rings. The van der Waals surface area contributed by atoms with E-state index in [1.165, 1.54) is 4.88 Å². The molecule has 3 N–H and O–H groups in total. The van der Waals surface area contributed by atoms with Crippen LogP contribution in [0.1, 0.15) is 17.4 Å². The number of aliphatic hydroxyl groups excluding tert-OH is 1. The molecule has 2 rings (SSSR count). The molecular formula is C18H26N2O3S. The Kier molecular flexibility index (Phi) is 8.04. The van der Waals surface area contributed by atoms with Crippen LogP contribution in [0.2, 0.25) is 0 Å². The van der Waals surface area contributed by atoms with Gasteiger partial charge in [0.15, 0.2) is 11.5 Å². The molecule has 0 saturated heterocycles. The Bertz CT molecular complexity index is 588. The van der Waals surface area contributed by atoms with Crippen LogP contribution in [-0.4, -0.2) is 38.0 Å². The molecule has 6 heteroatoms. The first-order chi connectivity index (χ1) is 11.7. The van der Waals surface area contributed by atoms with E-state index in [2.05, 4.69) is 16.7 Å². The summed E-state index contributed by atoms with van der Waals surface area (Å²) in [5, 5.41) is 17.7. The monoisotopic (exact) mass is 350 g/mol. The lowest BCUT2D eigenvalue weighted by atomic mass is 10.2. The molecule has 0 fully saturated rings. The van der Waals surface area contributed by atoms with Crippen molar-refractivity contribution in [3.05, 3.63) is 46.2 Å². The van der Waals surface area contributed by atoms with Crippen molar-refractivity contribution in [3.63, 3.8) is 0 Å². The SMILES string of the molecule is COc1cc(CNCCNC[C@@H](C)O)ccc1OCc1cccs1. The molecule has 24 heavy (non-hydrogen) atoms. The topological polar surface area (TPSA) is 62.8 Å². The van der Waals surface area contributed by atoms with E-state index in [-0.39, 0.29) is 6.10 Å². The van der Waals surface area contributed by atoms with Crippen molar-refractivity contribution in [1.82, 2.24) is 10.6 Å². The van der Waals surface area contributed by atoms with Gasteiger partial charge in [-0.1, -0.05) is 12.1 Å². The van der Waals surface area contributed by atoms with Crippen molar-refractivity contribution < 1.29 is 14.6 Å². The van der Waals surface area contributed by atoms with Crippen LogP contribution >= 0.6 is 11.3 Å². The Balaban J connectivity index is 1.77. The summed E-state index contributed by atoms with van der Waals surface area (Å²) in [6, 6.07) is 10.1. The Morgan fingerprint density at radius 3 is 2.71 bits per heavy atom. The first kappa shape index (κ1) is 18.7. The molecule has 1 aromatic heterocycles. The van der Waals surface area contributed by atoms with Crippen molar-refractivity contribution in [2.45, 2.75) is 26.2 Å². The molecule has 1 atom stereocenters. The molecule has 0 aliphatic carbocycles. The van der Waals surface area contributed by atoms with Gasteiger partial charge in [-0.2, -0.15) is 0 Å². The average Bonchev–Trinajstić information content (AvgIpc) is 3.09. The number of methoxy groups -OCH3 is 1. The van der Waals surface area contributed by atoms with Crippen molar-refractivity contribution in [3.8, 4) is 11.5 Å². The molecule has 0 radical (unpaired) electrons. The lowest BCUT2D eigenvalue weighted by molar-refractivity contribution is 0.191. The first-order valence-electron chi connectivity index (χ1n) is 8.10. The lowest BCUT2D eigenvalue weighted by Gasteiger charge is -2.12. The number of aliphatic hydroxyl groups is 1. The fourth-order valence-electron chi connectivity index (χ4n) is 2.21. The Labute approximate surface area is 147 Å². The second-order valence-electron chi connectivity index (χ2n) is 5.58. The molecule has 0 unspecified atom stereocenters. The predicted molar refractivity (Wildman–Crippen MR) is 97.9 cm³/mol. The van der Waals surface area contributed by atoms with Crippen molar-refractivity contribution in [2.75, 3.05) is 26.7 Å². The first-order valence-corrected chi connectivity index (χ1v) is 8.98. The normalized spacial score (nSPS) is 12.1. The van der Waals surface area contributed by atoms with Crippen LogP contribution in [0.15, 0.2) is 35.7 Å². The van der Waals surface area contributed by atoms with E-state index < -0.39 is 0 Å². The van der Waals surface area contributed by atoms with Crippen LogP contribution in [0.3, 0.4) is 0 Å². The number of ether oxygens (including phenoxy) is 2. The standard InChI is InChI=1S/C18H26N2O3S/c1-14(21)11-19-7-8-20-12-15-5-6-17(18(10-15)22-2)23-13-16-4-3-9-24-16/h3-6,9-10,14,19-21H,7-8,11-13H2,1-2H3/t14-/m1/s1. The fourth-order valence-corrected chi connectivity index (χ4v) is 2.82. The van der Waals surface area contributed by atoms with Gasteiger partial charge in [0.05, 0.1) is 13.2 Å². The quantitative estimate of drug-likeness (QED) is 0.543. The average molecular weight is 350 g/mol. The smallest absolute Gasteiger partial charge is 0.161 e. The van der Waals surface area contributed by atoms with E-state index in [0.29, 0.717) is 13.2 Å². The van der Waals surface area contributed by atoms with Crippen LogP contribution in [0.25, 0.3) is 0 Å². The third-order valence-corrected chi connectivity index (χ3v) is 4.28. The zero-order chi connectivity index (χ0) is 17.2. The van der Waals surface area contributed by atoms with Crippen LogP contribution in [0, 0.1) is 0 Å². The van der Waals surface area contributed by atoms with E-state index in [1.807, 2.05) is 29.6 Å². The third-order valence-electron chi connectivity index (χ3n) is 3.43. The second-order valence-corrected chi connectivity index (χ2v) is 6.62. The minimum atomic E-state index is -0.309. The van der Waals surface area contributed by atoms with Gasteiger partial charge in [0, 0.05) is 31.1 Å². The summed E-state index contributed by atoms with van der Waals surface area (Å²) in [4.78, 5) is 1.19. The van der Waals surface area contributed by atoms with Gasteiger partial charge in [0.25, 0.3) is 0 Å². The van der Waals surface area contributed by atoms with Crippen molar-refractivity contribution in [2.24, 2.45) is 0 Å². The molecule has 5 nitrogen and oxygen atoms in total. The summed E-state index contributed by atoms with van der Waals surface area (Å²) in [5.41, 5.74) is 1.14. The summed E-state index contributed by atoms with van der Waals surface area (Å²) >= 11 is 1.68. The predicted octanol–water partition coefficient (Wildman–Crippen LogP) is 2.40. The van der Waals surface area contributed by atoms with Gasteiger partial charge < -0.3 is 25.2 Å². The van der Waals surface area contributed by atoms with Gasteiger partial charge >= 0.3 is 0 Å². The van der Waals surface area contributed by atoms with Gasteiger partial charge in [-0.05, 0) is 36.1 Å². The number of hydrogen-bond acceptors (Lipinski definition) is 6. The highest BCUT2D eigenvalue weighted by Crippen LogP contribution is 2.29. The maximum Gasteiger partial charge on any atom is 0.161 e. The Morgan fingerprint density at radius 1 is 1.17 bits per heavy atom. The number of thiophene rings is 1. The number of hydrogen-bond donors (Lipinski definition) is 3. The summed E-state index contributed by atoms with van der Waals surface area (Å²) in [6.07, 6.45) is -0.309. The van der Waals surface area contributed by atoms with E-state index in [0.717, 1.165) is 36.7 Å². The summed E-state index contributed by atoms with van der Waals surface area (Å²) in [7, 11) is 1.66. The molecule has 0 bridgehead atoms. The van der Waals surface area contributed by atoms with E-state index in [9.17, 15) is 0 Å². The van der Waals surface area contributed by atoms with Gasteiger partial charge in [-0.15, -0.1) is 11.3 Å². The van der Waals surface area contributed by atoms with Gasteiger partial charge in [-0.3, -0.25) is 0 Å². The largest absolute Gasteiger partial charge is 0.493 e. The minimum absolute atomic E-state index is 0.309. The fraction of sp³-hybridized carbons (Fsp3) is 0.444. The highest BCUT2D eigenvalue weighted by Gasteiger charge is 2.06. The van der Waals surface area contributed by atoms with Crippen molar-refractivity contribution in [1.29, 1.82) is 0 Å².